The van der Waals surface area contributed by atoms with E-state index in [0.29, 0.717) is 37.0 Å². The first-order valence-corrected chi connectivity index (χ1v) is 14.9. The maximum Gasteiger partial charge on any atom is 0.257 e. The molecule has 38 heavy (non-hydrogen) atoms. The summed E-state index contributed by atoms with van der Waals surface area (Å²) >= 11 is 6.59. The van der Waals surface area contributed by atoms with Crippen molar-refractivity contribution in [3.63, 3.8) is 0 Å². The predicted molar refractivity (Wildman–Crippen MR) is 150 cm³/mol. The second-order valence-corrected chi connectivity index (χ2v) is 12.2. The zero-order valence-corrected chi connectivity index (χ0v) is 23.8. The average Bonchev–Trinajstić information content (AvgIpc) is 3.41. The standard InChI is InChI=1S/C27H26BrN3O5S2/c1-33-20-9-7-18(8-10-20)23-34-14-26(15-35-23)11-19-12-38-25(30-22(32)17-5-3-2-4-6-17)31-27(19,16-36-26)24-29-21(28)13-37-24/h2-10,13,19,23H,11-12,14-16H2,1H3,(H,30,31,32)/t19-,23?,26?,27-/m0/s1. The van der Waals surface area contributed by atoms with Gasteiger partial charge in [0.25, 0.3) is 5.91 Å². The lowest BCUT2D eigenvalue weighted by Gasteiger charge is -2.51. The van der Waals surface area contributed by atoms with E-state index in [4.69, 9.17) is 28.9 Å². The Bertz CT molecular complexity index is 1330. The third-order valence-electron chi connectivity index (χ3n) is 7.10. The van der Waals surface area contributed by atoms with E-state index in [-0.39, 0.29) is 11.8 Å². The number of halogens is 1. The Labute approximate surface area is 237 Å². The number of methoxy groups -OCH3 is 1. The summed E-state index contributed by atoms with van der Waals surface area (Å²) in [5, 5.41) is 6.40. The number of hydrogen-bond acceptors (Lipinski definition) is 9. The Morgan fingerprint density at radius 1 is 1.11 bits per heavy atom. The molecule has 11 heteroatoms. The lowest BCUT2D eigenvalue weighted by atomic mass is 9.76. The molecule has 1 amide bonds. The normalized spacial score (nSPS) is 28.8. The molecule has 3 aliphatic heterocycles. The van der Waals surface area contributed by atoms with Crippen LogP contribution in [0.4, 0.5) is 0 Å². The van der Waals surface area contributed by atoms with Gasteiger partial charge >= 0.3 is 0 Å². The molecule has 0 bridgehead atoms. The molecule has 0 unspecified atom stereocenters. The van der Waals surface area contributed by atoms with Crippen molar-refractivity contribution in [3.8, 4) is 5.75 Å². The van der Waals surface area contributed by atoms with Gasteiger partial charge in [0.2, 0.25) is 0 Å². The van der Waals surface area contributed by atoms with E-state index in [0.717, 1.165) is 26.7 Å². The zero-order chi connectivity index (χ0) is 26.2. The molecule has 3 aromatic rings. The number of fused-ring (bicyclic) bond motifs is 1. The molecule has 2 atom stereocenters. The van der Waals surface area contributed by atoms with Crippen LogP contribution in [0.2, 0.25) is 0 Å². The van der Waals surface area contributed by atoms with Crippen LogP contribution in [0.25, 0.3) is 0 Å². The summed E-state index contributed by atoms with van der Waals surface area (Å²) in [6.45, 7) is 1.16. The first-order valence-electron chi connectivity index (χ1n) is 12.2. The number of aromatic nitrogens is 1. The predicted octanol–water partition coefficient (Wildman–Crippen LogP) is 5.16. The highest BCUT2D eigenvalue weighted by atomic mass is 79.9. The number of carbonyl (C=O) groups excluding carboxylic acids is 1. The highest BCUT2D eigenvalue weighted by Crippen LogP contribution is 2.51. The molecule has 8 nitrogen and oxygen atoms in total. The van der Waals surface area contributed by atoms with Crippen LogP contribution < -0.4 is 10.1 Å². The first-order chi connectivity index (χ1) is 18.5. The lowest BCUT2D eigenvalue weighted by molar-refractivity contribution is -0.289. The van der Waals surface area contributed by atoms with Crippen LogP contribution in [-0.2, 0) is 19.7 Å². The van der Waals surface area contributed by atoms with Crippen LogP contribution in [0.5, 0.6) is 5.75 Å². The van der Waals surface area contributed by atoms with Gasteiger partial charge in [-0.15, -0.1) is 11.3 Å². The topological polar surface area (TPSA) is 91.3 Å². The Balaban J connectivity index is 1.21. The van der Waals surface area contributed by atoms with Crippen molar-refractivity contribution < 1.29 is 23.7 Å². The van der Waals surface area contributed by atoms with Crippen molar-refractivity contribution in [2.24, 2.45) is 10.9 Å². The number of aliphatic imine (C=N–C) groups is 1. The van der Waals surface area contributed by atoms with Crippen molar-refractivity contribution in [2.75, 3.05) is 32.7 Å². The van der Waals surface area contributed by atoms with Gasteiger partial charge in [-0.3, -0.25) is 4.79 Å². The van der Waals surface area contributed by atoms with Crippen LogP contribution in [0.1, 0.15) is 33.6 Å². The molecule has 0 aliphatic carbocycles. The molecule has 1 N–H and O–H groups in total. The minimum Gasteiger partial charge on any atom is -0.497 e. The van der Waals surface area contributed by atoms with Gasteiger partial charge in [-0.1, -0.05) is 42.1 Å². The molecule has 1 spiro atoms. The molecule has 2 saturated heterocycles. The summed E-state index contributed by atoms with van der Waals surface area (Å²) in [4.78, 5) is 22.7. The Morgan fingerprint density at radius 2 is 1.87 bits per heavy atom. The summed E-state index contributed by atoms with van der Waals surface area (Å²) in [7, 11) is 1.64. The number of benzene rings is 2. The van der Waals surface area contributed by atoms with Crippen LogP contribution in [-0.4, -0.2) is 54.3 Å². The van der Waals surface area contributed by atoms with Gasteiger partial charge in [-0.05, 0) is 46.6 Å². The minimum atomic E-state index is -0.695. The number of rotatable bonds is 4. The molecular weight excluding hydrogens is 590 g/mol. The molecule has 2 fully saturated rings. The van der Waals surface area contributed by atoms with Gasteiger partial charge < -0.3 is 24.3 Å². The van der Waals surface area contributed by atoms with E-state index in [1.807, 2.05) is 47.8 Å². The van der Waals surface area contributed by atoms with Crippen molar-refractivity contribution in [1.82, 2.24) is 10.3 Å². The van der Waals surface area contributed by atoms with Crippen molar-refractivity contribution in [1.29, 1.82) is 0 Å². The van der Waals surface area contributed by atoms with E-state index >= 15 is 0 Å². The SMILES string of the molecule is COc1ccc(C2OCC3(CO2)C[C@H]2CSC(NC(=O)c4ccccc4)=N[C@@]2(c2nc(Br)cs2)CO3)cc1. The van der Waals surface area contributed by atoms with Crippen LogP contribution in [0.3, 0.4) is 0 Å². The monoisotopic (exact) mass is 615 g/mol. The van der Waals surface area contributed by atoms with Crippen molar-refractivity contribution in [2.45, 2.75) is 23.9 Å². The minimum absolute atomic E-state index is 0.126. The molecule has 2 aromatic carbocycles. The number of hydrogen-bond donors (Lipinski definition) is 1. The van der Waals surface area contributed by atoms with E-state index in [1.54, 1.807) is 42.3 Å². The molecular formula is C27H26BrN3O5S2. The Hall–Kier alpha value is -2.28. The third kappa shape index (κ3) is 5.03. The van der Waals surface area contributed by atoms with Gasteiger partial charge in [0.15, 0.2) is 11.5 Å². The molecule has 3 aliphatic rings. The number of carbonyl (C=O) groups is 1. The Morgan fingerprint density at radius 3 is 2.55 bits per heavy atom. The largest absolute Gasteiger partial charge is 0.497 e. The number of ether oxygens (including phenoxy) is 4. The molecule has 1 aromatic heterocycles. The second kappa shape index (κ2) is 10.7. The molecule has 198 valence electrons. The number of amidine groups is 1. The number of amides is 1. The van der Waals surface area contributed by atoms with E-state index in [1.165, 1.54) is 0 Å². The summed E-state index contributed by atoms with van der Waals surface area (Å²) in [6.07, 6.45) is 0.255. The fraction of sp³-hybridized carbons (Fsp3) is 0.370. The van der Waals surface area contributed by atoms with Crippen LogP contribution in [0.15, 0.2) is 69.6 Å². The van der Waals surface area contributed by atoms with E-state index in [2.05, 4.69) is 21.2 Å². The van der Waals surface area contributed by atoms with Gasteiger partial charge in [0, 0.05) is 28.2 Å². The number of nitrogens with one attached hydrogen (secondary N) is 1. The summed E-state index contributed by atoms with van der Waals surface area (Å²) in [5.41, 5.74) is 0.270. The summed E-state index contributed by atoms with van der Waals surface area (Å²) in [6, 6.07) is 16.8. The van der Waals surface area contributed by atoms with Crippen LogP contribution in [0, 0.1) is 5.92 Å². The smallest absolute Gasteiger partial charge is 0.257 e. The Kier molecular flexibility index (Phi) is 7.32. The summed E-state index contributed by atoms with van der Waals surface area (Å²) in [5.74, 6) is 1.49. The zero-order valence-electron chi connectivity index (χ0n) is 20.6. The quantitative estimate of drug-likeness (QED) is 0.433. The number of thioether (sulfide) groups is 1. The first kappa shape index (κ1) is 26.0. The lowest BCUT2D eigenvalue weighted by Crippen LogP contribution is -2.59. The van der Waals surface area contributed by atoms with E-state index in [9.17, 15) is 4.79 Å². The van der Waals surface area contributed by atoms with Gasteiger partial charge in [0.05, 0.1) is 26.9 Å². The van der Waals surface area contributed by atoms with Crippen molar-refractivity contribution in [3.05, 3.63) is 80.7 Å². The molecule has 4 heterocycles. The van der Waals surface area contributed by atoms with Gasteiger partial charge in [0.1, 0.15) is 26.5 Å². The van der Waals surface area contributed by atoms with Crippen molar-refractivity contribution >= 4 is 50.1 Å². The maximum absolute atomic E-state index is 12.8. The van der Waals surface area contributed by atoms with Gasteiger partial charge in [-0.25, -0.2) is 9.98 Å². The second-order valence-electron chi connectivity index (χ2n) is 9.55. The highest BCUT2D eigenvalue weighted by molar-refractivity contribution is 9.10. The fourth-order valence-corrected chi connectivity index (χ4v) is 7.64. The maximum atomic E-state index is 12.8. The van der Waals surface area contributed by atoms with Crippen LogP contribution >= 0.6 is 39.0 Å². The van der Waals surface area contributed by atoms with E-state index < -0.39 is 17.4 Å². The van der Waals surface area contributed by atoms with Gasteiger partial charge in [-0.2, -0.15) is 0 Å². The molecule has 0 saturated carbocycles. The highest BCUT2D eigenvalue weighted by Gasteiger charge is 2.56. The molecule has 0 radical (unpaired) electrons. The summed E-state index contributed by atoms with van der Waals surface area (Å²) < 4.78 is 24.9. The average molecular weight is 617 g/mol. The fourth-order valence-electron chi connectivity index (χ4n) is 5.03. The molecule has 6 rings (SSSR count). The third-order valence-corrected chi connectivity index (χ3v) is 9.86. The number of nitrogens with zero attached hydrogens (tertiary/aromatic N) is 2. The number of thiazole rings is 1.